The molecule has 0 amide bonds. The van der Waals surface area contributed by atoms with E-state index in [1.807, 2.05) is 24.3 Å². The molecule has 0 spiro atoms. The maximum Gasteiger partial charge on any atom is 0.192 e. The Morgan fingerprint density at radius 3 is 2.53 bits per heavy atom. The van der Waals surface area contributed by atoms with Gasteiger partial charge in [0.1, 0.15) is 6.10 Å². The van der Waals surface area contributed by atoms with Crippen molar-refractivity contribution in [2.24, 2.45) is 0 Å². The lowest BCUT2D eigenvalue weighted by Crippen LogP contribution is -2.43. The van der Waals surface area contributed by atoms with Crippen molar-refractivity contribution in [2.75, 3.05) is 44.4 Å². The van der Waals surface area contributed by atoms with E-state index in [4.69, 9.17) is 4.74 Å². The fourth-order valence-corrected chi connectivity index (χ4v) is 2.52. The van der Waals surface area contributed by atoms with Crippen LogP contribution in [0.15, 0.2) is 24.3 Å². The predicted octanol–water partition coefficient (Wildman–Crippen LogP) is 0.225. The van der Waals surface area contributed by atoms with Crippen LogP contribution in [0.5, 0.6) is 0 Å². The number of Topliss-reactive ketones (excluding diaryl/α,β-unsaturated/α-hetero) is 1. The molecule has 19 heavy (non-hydrogen) atoms. The molecule has 1 aromatic rings. The molecule has 1 atom stereocenters. The number of rotatable bonds is 3. The van der Waals surface area contributed by atoms with E-state index < -0.39 is 0 Å². The van der Waals surface area contributed by atoms with Crippen LogP contribution < -0.4 is 15.5 Å². The van der Waals surface area contributed by atoms with Crippen molar-refractivity contribution in [1.82, 2.24) is 10.6 Å². The molecule has 5 heteroatoms. The first-order chi connectivity index (χ1) is 9.34. The summed E-state index contributed by atoms with van der Waals surface area (Å²) in [7, 11) is 0. The zero-order valence-corrected chi connectivity index (χ0v) is 10.9. The van der Waals surface area contributed by atoms with Crippen LogP contribution in [0, 0.1) is 0 Å². The van der Waals surface area contributed by atoms with Crippen LogP contribution in [0.2, 0.25) is 0 Å². The Balaban J connectivity index is 1.69. The fraction of sp³-hybridized carbons (Fsp3) is 0.500. The summed E-state index contributed by atoms with van der Waals surface area (Å²) in [5.41, 5.74) is 1.91. The van der Waals surface area contributed by atoms with E-state index in [9.17, 15) is 4.79 Å². The number of piperazine rings is 1. The molecular formula is C14H19N3O2. The van der Waals surface area contributed by atoms with Gasteiger partial charge in [-0.1, -0.05) is 0 Å². The molecule has 3 rings (SSSR count). The van der Waals surface area contributed by atoms with Crippen LogP contribution in [-0.2, 0) is 4.74 Å². The molecule has 2 aliphatic rings. The van der Waals surface area contributed by atoms with Crippen LogP contribution in [0.1, 0.15) is 10.4 Å². The first-order valence-electron chi connectivity index (χ1n) is 6.77. The van der Waals surface area contributed by atoms with E-state index in [0.717, 1.165) is 31.7 Å². The lowest BCUT2D eigenvalue weighted by Gasteiger charge is -2.29. The van der Waals surface area contributed by atoms with Crippen LogP contribution in [0.4, 0.5) is 5.69 Å². The third-order valence-corrected chi connectivity index (χ3v) is 3.64. The first kappa shape index (κ1) is 12.6. The van der Waals surface area contributed by atoms with E-state index in [1.54, 1.807) is 0 Å². The third kappa shape index (κ3) is 2.78. The van der Waals surface area contributed by atoms with Gasteiger partial charge in [0.2, 0.25) is 0 Å². The van der Waals surface area contributed by atoms with Crippen molar-refractivity contribution >= 4 is 11.5 Å². The van der Waals surface area contributed by atoms with E-state index in [1.165, 1.54) is 5.69 Å². The number of anilines is 1. The summed E-state index contributed by atoms with van der Waals surface area (Å²) in [6.07, 6.45) is -0.329. The molecule has 2 aliphatic heterocycles. The van der Waals surface area contributed by atoms with Crippen LogP contribution in [-0.4, -0.2) is 51.3 Å². The van der Waals surface area contributed by atoms with Crippen LogP contribution in [0.25, 0.3) is 0 Å². The Kier molecular flexibility index (Phi) is 3.77. The number of ketones is 1. The minimum atomic E-state index is -0.329. The fourth-order valence-electron chi connectivity index (χ4n) is 2.52. The van der Waals surface area contributed by atoms with Gasteiger partial charge in [-0.05, 0) is 24.3 Å². The van der Waals surface area contributed by atoms with Crippen molar-refractivity contribution < 1.29 is 9.53 Å². The Labute approximate surface area is 112 Å². The van der Waals surface area contributed by atoms with E-state index in [-0.39, 0.29) is 11.9 Å². The second-order valence-electron chi connectivity index (χ2n) is 4.90. The second kappa shape index (κ2) is 5.69. The van der Waals surface area contributed by atoms with Crippen LogP contribution in [0.3, 0.4) is 0 Å². The Hall–Kier alpha value is -1.43. The van der Waals surface area contributed by atoms with Gasteiger partial charge in [0.15, 0.2) is 5.78 Å². The molecule has 2 saturated heterocycles. The quantitative estimate of drug-likeness (QED) is 0.763. The molecule has 2 fully saturated rings. The summed E-state index contributed by atoms with van der Waals surface area (Å²) in [5.74, 6) is 0.0665. The maximum atomic E-state index is 12.1. The number of hydrogen-bond acceptors (Lipinski definition) is 5. The topological polar surface area (TPSA) is 53.6 Å². The zero-order chi connectivity index (χ0) is 13.1. The maximum absolute atomic E-state index is 12.1. The Morgan fingerprint density at radius 1 is 1.16 bits per heavy atom. The van der Waals surface area contributed by atoms with Gasteiger partial charge >= 0.3 is 0 Å². The molecule has 0 aliphatic carbocycles. The van der Waals surface area contributed by atoms with E-state index >= 15 is 0 Å². The summed E-state index contributed by atoms with van der Waals surface area (Å²) in [4.78, 5) is 14.5. The summed E-state index contributed by atoms with van der Waals surface area (Å²) >= 11 is 0. The van der Waals surface area contributed by atoms with Crippen molar-refractivity contribution in [3.05, 3.63) is 29.8 Å². The van der Waals surface area contributed by atoms with Crippen molar-refractivity contribution in [3.8, 4) is 0 Å². The van der Waals surface area contributed by atoms with E-state index in [0.29, 0.717) is 13.3 Å². The predicted molar refractivity (Wildman–Crippen MR) is 73.6 cm³/mol. The molecule has 0 bridgehead atoms. The van der Waals surface area contributed by atoms with Gasteiger partial charge in [0, 0.05) is 44.0 Å². The smallest absolute Gasteiger partial charge is 0.192 e. The number of benzene rings is 1. The van der Waals surface area contributed by atoms with Gasteiger partial charge in [-0.3, -0.25) is 10.1 Å². The number of carbonyl (C=O) groups is 1. The molecule has 2 N–H and O–H groups in total. The SMILES string of the molecule is O=C(c1ccc(N2CCNCC2)cc1)C1CNCO1. The molecule has 5 nitrogen and oxygen atoms in total. The normalized spacial score (nSPS) is 23.6. The largest absolute Gasteiger partial charge is 0.369 e. The Bertz CT molecular complexity index is 435. The average Bonchev–Trinajstić information content (AvgIpc) is 3.02. The summed E-state index contributed by atoms with van der Waals surface area (Å²) in [6, 6.07) is 7.87. The summed E-state index contributed by atoms with van der Waals surface area (Å²) < 4.78 is 5.34. The minimum absolute atomic E-state index is 0.0665. The molecule has 0 saturated carbocycles. The highest BCUT2D eigenvalue weighted by Crippen LogP contribution is 2.17. The van der Waals surface area contributed by atoms with Crippen molar-refractivity contribution in [2.45, 2.75) is 6.10 Å². The number of nitrogens with zero attached hydrogens (tertiary/aromatic N) is 1. The highest BCUT2D eigenvalue weighted by atomic mass is 16.5. The molecule has 102 valence electrons. The van der Waals surface area contributed by atoms with Gasteiger partial charge in [0.05, 0.1) is 6.73 Å². The average molecular weight is 261 g/mol. The second-order valence-corrected chi connectivity index (χ2v) is 4.90. The van der Waals surface area contributed by atoms with Gasteiger partial charge in [-0.25, -0.2) is 0 Å². The molecule has 0 aromatic heterocycles. The van der Waals surface area contributed by atoms with Crippen LogP contribution >= 0.6 is 0 Å². The van der Waals surface area contributed by atoms with Gasteiger partial charge in [-0.2, -0.15) is 0 Å². The highest BCUT2D eigenvalue weighted by molar-refractivity contribution is 6.00. The molecular weight excluding hydrogens is 242 g/mol. The molecule has 1 aromatic carbocycles. The lowest BCUT2D eigenvalue weighted by atomic mass is 10.1. The standard InChI is InChI=1S/C14H19N3O2/c18-14(13-9-16-10-19-13)11-1-3-12(4-2-11)17-7-5-15-6-8-17/h1-4,13,15-16H,5-10H2. The molecule has 2 heterocycles. The third-order valence-electron chi connectivity index (χ3n) is 3.64. The number of hydrogen-bond donors (Lipinski definition) is 2. The molecule has 1 unspecified atom stereocenters. The Morgan fingerprint density at radius 2 is 1.89 bits per heavy atom. The number of nitrogens with one attached hydrogen (secondary N) is 2. The summed E-state index contributed by atoms with van der Waals surface area (Å²) in [6.45, 7) is 5.14. The lowest BCUT2D eigenvalue weighted by molar-refractivity contribution is 0.0657. The van der Waals surface area contributed by atoms with Crippen molar-refractivity contribution in [3.63, 3.8) is 0 Å². The summed E-state index contributed by atoms with van der Waals surface area (Å²) in [5, 5.41) is 6.36. The number of ether oxygens (including phenoxy) is 1. The highest BCUT2D eigenvalue weighted by Gasteiger charge is 2.24. The molecule has 0 radical (unpaired) electrons. The number of carbonyl (C=O) groups excluding carboxylic acids is 1. The minimum Gasteiger partial charge on any atom is -0.369 e. The van der Waals surface area contributed by atoms with Gasteiger partial charge < -0.3 is 15.0 Å². The van der Waals surface area contributed by atoms with Gasteiger partial charge in [-0.15, -0.1) is 0 Å². The zero-order valence-electron chi connectivity index (χ0n) is 10.9. The monoisotopic (exact) mass is 261 g/mol. The van der Waals surface area contributed by atoms with E-state index in [2.05, 4.69) is 15.5 Å². The van der Waals surface area contributed by atoms with Gasteiger partial charge in [0.25, 0.3) is 0 Å². The van der Waals surface area contributed by atoms with Crippen molar-refractivity contribution in [1.29, 1.82) is 0 Å². The first-order valence-corrected chi connectivity index (χ1v) is 6.77.